The largest absolute Gasteiger partial charge is 0.328 e. The van der Waals surface area contributed by atoms with Crippen molar-refractivity contribution in [1.29, 1.82) is 0 Å². The van der Waals surface area contributed by atoms with E-state index >= 15 is 0 Å². The third-order valence-electron chi connectivity index (χ3n) is 9.57. The first-order valence-electron chi connectivity index (χ1n) is 14.7. The summed E-state index contributed by atoms with van der Waals surface area (Å²) < 4.78 is 30.2. The highest BCUT2D eigenvalue weighted by Crippen LogP contribution is 2.49. The zero-order valence-electron chi connectivity index (χ0n) is 23.2. The summed E-state index contributed by atoms with van der Waals surface area (Å²) in [5.41, 5.74) is 7.98. The van der Waals surface area contributed by atoms with Gasteiger partial charge in [0.1, 0.15) is 11.6 Å². The average Bonchev–Trinajstić information content (AvgIpc) is 3.44. The molecule has 1 saturated carbocycles. The molecule has 0 radical (unpaired) electrons. The van der Waals surface area contributed by atoms with Crippen molar-refractivity contribution in [2.45, 2.75) is 63.6 Å². The van der Waals surface area contributed by atoms with E-state index in [1.54, 1.807) is 21.9 Å². The molecular weight excluding hydrogens is 524 g/mol. The van der Waals surface area contributed by atoms with Crippen molar-refractivity contribution in [3.05, 3.63) is 88.5 Å². The van der Waals surface area contributed by atoms with Crippen LogP contribution < -0.4 is 11.3 Å². The van der Waals surface area contributed by atoms with Gasteiger partial charge in [0.15, 0.2) is 0 Å². The van der Waals surface area contributed by atoms with Crippen LogP contribution in [0.4, 0.5) is 13.6 Å². The van der Waals surface area contributed by atoms with Crippen molar-refractivity contribution >= 4 is 6.03 Å². The lowest BCUT2D eigenvalue weighted by molar-refractivity contribution is 0.0212. The standard InChI is InChI=1S/C32H37F2N5O2/c33-24-8-9-26(27(34)16-24)29-17-25(35)11-15-39(29)31(41)37-14-10-23(32(20-37)12-4-5-13-32)19-38-21-36-28(18-30(38)40)22-6-2-1-3-7-22/h1-3,6-9,16,18,21,23,25,29H,4-5,10-15,17,19-20,35H2/t23-,25+,29-/m0/s1. The Morgan fingerprint density at radius 3 is 2.54 bits per heavy atom. The summed E-state index contributed by atoms with van der Waals surface area (Å²) >= 11 is 0. The van der Waals surface area contributed by atoms with Crippen LogP contribution in [0, 0.1) is 23.0 Å². The molecular formula is C32H37F2N5O2. The number of hydrogen-bond acceptors (Lipinski definition) is 4. The van der Waals surface area contributed by atoms with Crippen LogP contribution in [0.1, 0.15) is 56.6 Å². The number of benzene rings is 2. The highest BCUT2D eigenvalue weighted by Gasteiger charge is 2.47. The SMILES string of the molecule is N[C@@H]1CCN(C(=O)N2CC[C@@H](Cn3cnc(-c4ccccc4)cc3=O)C3(CCCC3)C2)[C@H](c2ccc(F)cc2F)C1. The number of urea groups is 1. The van der Waals surface area contributed by atoms with Crippen molar-refractivity contribution in [2.24, 2.45) is 17.1 Å². The molecule has 2 saturated heterocycles. The van der Waals surface area contributed by atoms with E-state index < -0.39 is 17.7 Å². The smallest absolute Gasteiger partial charge is 0.320 e. The number of rotatable bonds is 4. The summed E-state index contributed by atoms with van der Waals surface area (Å²) in [6.07, 6.45) is 7.72. The number of likely N-dealkylation sites (tertiary alicyclic amines) is 2. The molecule has 2 aliphatic heterocycles. The number of carbonyl (C=O) groups is 1. The number of hydrogen-bond donors (Lipinski definition) is 1. The van der Waals surface area contributed by atoms with Crippen LogP contribution in [0.2, 0.25) is 0 Å². The Bertz CT molecular complexity index is 1460. The van der Waals surface area contributed by atoms with Gasteiger partial charge in [-0.2, -0.15) is 0 Å². The Morgan fingerprint density at radius 1 is 1.02 bits per heavy atom. The monoisotopic (exact) mass is 561 g/mol. The molecule has 1 aromatic heterocycles. The Balaban J connectivity index is 1.20. The van der Waals surface area contributed by atoms with Gasteiger partial charge in [0.2, 0.25) is 0 Å². The average molecular weight is 562 g/mol. The lowest BCUT2D eigenvalue weighted by atomic mass is 9.69. The minimum absolute atomic E-state index is 0.0701. The Kier molecular flexibility index (Phi) is 7.64. The molecule has 0 unspecified atom stereocenters. The van der Waals surface area contributed by atoms with Crippen molar-refractivity contribution in [3.8, 4) is 11.3 Å². The van der Waals surface area contributed by atoms with E-state index in [0.29, 0.717) is 50.3 Å². The van der Waals surface area contributed by atoms with Crippen LogP contribution in [0.25, 0.3) is 11.3 Å². The van der Waals surface area contributed by atoms with E-state index in [1.807, 2.05) is 35.2 Å². The first-order chi connectivity index (χ1) is 19.8. The van der Waals surface area contributed by atoms with E-state index in [9.17, 15) is 18.4 Å². The topological polar surface area (TPSA) is 84.5 Å². The maximum Gasteiger partial charge on any atom is 0.320 e. The Labute approximate surface area is 239 Å². The molecule has 7 nitrogen and oxygen atoms in total. The summed E-state index contributed by atoms with van der Waals surface area (Å²) in [7, 11) is 0. The normalized spacial score (nSPS) is 24.1. The highest BCUT2D eigenvalue weighted by atomic mass is 19.1. The van der Waals surface area contributed by atoms with Crippen LogP contribution in [0.5, 0.6) is 0 Å². The summed E-state index contributed by atoms with van der Waals surface area (Å²) in [5, 5.41) is 0. The molecule has 3 fully saturated rings. The van der Waals surface area contributed by atoms with Gasteiger partial charge in [-0.05, 0) is 49.5 Å². The molecule has 3 aromatic rings. The van der Waals surface area contributed by atoms with Crippen molar-refractivity contribution in [1.82, 2.24) is 19.4 Å². The zero-order valence-corrected chi connectivity index (χ0v) is 23.2. The van der Waals surface area contributed by atoms with Crippen molar-refractivity contribution in [3.63, 3.8) is 0 Å². The van der Waals surface area contributed by atoms with Gasteiger partial charge in [0.25, 0.3) is 5.56 Å². The number of piperidine rings is 2. The first kappa shape index (κ1) is 27.6. The second-order valence-corrected chi connectivity index (χ2v) is 12.0. The maximum absolute atomic E-state index is 14.8. The number of nitrogens with two attached hydrogens (primary N) is 1. The van der Waals surface area contributed by atoms with Gasteiger partial charge in [-0.3, -0.25) is 9.36 Å². The number of nitrogens with zero attached hydrogens (tertiary/aromatic N) is 4. The minimum atomic E-state index is -0.648. The first-order valence-corrected chi connectivity index (χ1v) is 14.7. The Morgan fingerprint density at radius 2 is 1.80 bits per heavy atom. The van der Waals surface area contributed by atoms with Crippen LogP contribution in [-0.2, 0) is 6.54 Å². The van der Waals surface area contributed by atoms with Gasteiger partial charge in [-0.15, -0.1) is 0 Å². The van der Waals surface area contributed by atoms with E-state index in [0.717, 1.165) is 43.7 Å². The molecule has 1 aliphatic carbocycles. The Hall–Kier alpha value is -3.59. The quantitative estimate of drug-likeness (QED) is 0.465. The molecule has 1 spiro atoms. The fourth-order valence-corrected chi connectivity index (χ4v) is 7.34. The van der Waals surface area contributed by atoms with E-state index in [2.05, 4.69) is 4.98 Å². The highest BCUT2D eigenvalue weighted by molar-refractivity contribution is 5.75. The summed E-state index contributed by atoms with van der Waals surface area (Å²) in [6.45, 7) is 2.19. The molecule has 0 bridgehead atoms. The summed E-state index contributed by atoms with van der Waals surface area (Å²) in [6, 6.07) is 14.0. The van der Waals surface area contributed by atoms with Gasteiger partial charge in [-0.1, -0.05) is 49.2 Å². The third kappa shape index (κ3) is 5.52. The molecule has 3 atom stereocenters. The fourth-order valence-electron chi connectivity index (χ4n) is 7.34. The lowest BCUT2D eigenvalue weighted by Crippen LogP contribution is -2.56. The molecule has 9 heteroatoms. The second kappa shape index (κ2) is 11.4. The number of halogens is 2. The molecule has 3 aliphatic rings. The zero-order chi connectivity index (χ0) is 28.6. The van der Waals surface area contributed by atoms with Gasteiger partial charge in [0, 0.05) is 55.5 Å². The lowest BCUT2D eigenvalue weighted by Gasteiger charge is -2.49. The van der Waals surface area contributed by atoms with Crippen molar-refractivity contribution in [2.75, 3.05) is 19.6 Å². The second-order valence-electron chi connectivity index (χ2n) is 12.0. The molecule has 41 heavy (non-hydrogen) atoms. The van der Waals surface area contributed by atoms with E-state index in [1.165, 1.54) is 12.1 Å². The minimum Gasteiger partial charge on any atom is -0.328 e. The van der Waals surface area contributed by atoms with Crippen LogP contribution in [-0.4, -0.2) is 51.1 Å². The predicted octanol–water partition coefficient (Wildman–Crippen LogP) is 5.36. The molecule has 216 valence electrons. The predicted molar refractivity (Wildman–Crippen MR) is 153 cm³/mol. The summed E-state index contributed by atoms with van der Waals surface area (Å²) in [5.74, 6) is -1.04. The van der Waals surface area contributed by atoms with Crippen LogP contribution in [0.3, 0.4) is 0 Å². The molecule has 2 aromatic carbocycles. The van der Waals surface area contributed by atoms with Gasteiger partial charge in [0.05, 0.1) is 18.1 Å². The van der Waals surface area contributed by atoms with Gasteiger partial charge < -0.3 is 15.5 Å². The van der Waals surface area contributed by atoms with Crippen LogP contribution >= 0.6 is 0 Å². The number of aromatic nitrogens is 2. The maximum atomic E-state index is 14.8. The molecule has 6 rings (SSSR count). The number of carbonyl (C=O) groups excluding carboxylic acids is 1. The van der Waals surface area contributed by atoms with Gasteiger partial charge >= 0.3 is 6.03 Å². The fraction of sp³-hybridized carbons (Fsp3) is 0.469. The van der Waals surface area contributed by atoms with E-state index in [-0.39, 0.29) is 29.0 Å². The van der Waals surface area contributed by atoms with E-state index in [4.69, 9.17) is 5.73 Å². The van der Waals surface area contributed by atoms with Gasteiger partial charge in [-0.25, -0.2) is 18.6 Å². The number of amides is 2. The van der Waals surface area contributed by atoms with Crippen molar-refractivity contribution < 1.29 is 13.6 Å². The summed E-state index contributed by atoms with van der Waals surface area (Å²) in [4.78, 5) is 35.3. The molecule has 3 heterocycles. The molecule has 2 N–H and O–H groups in total. The third-order valence-corrected chi connectivity index (χ3v) is 9.57. The van der Waals surface area contributed by atoms with Crippen LogP contribution in [0.15, 0.2) is 65.7 Å². The molecule has 2 amide bonds.